The van der Waals surface area contributed by atoms with Crippen molar-refractivity contribution in [1.29, 1.82) is 0 Å². The fraction of sp³-hybridized carbons (Fsp3) is 0.579. The summed E-state index contributed by atoms with van der Waals surface area (Å²) in [6, 6.07) is 6.49. The minimum absolute atomic E-state index is 0.147. The molecule has 0 spiro atoms. The lowest BCUT2D eigenvalue weighted by Crippen LogP contribution is -2.60. The van der Waals surface area contributed by atoms with Gasteiger partial charge in [-0.15, -0.1) is 0 Å². The Morgan fingerprint density at radius 2 is 1.83 bits per heavy atom. The van der Waals surface area contributed by atoms with Gasteiger partial charge in [0.05, 0.1) is 18.8 Å². The summed E-state index contributed by atoms with van der Waals surface area (Å²) >= 11 is 0. The first-order valence-corrected chi connectivity index (χ1v) is 8.51. The second-order valence-corrected chi connectivity index (χ2v) is 7.56. The van der Waals surface area contributed by atoms with Crippen LogP contribution in [0.2, 0.25) is 0 Å². The Labute approximate surface area is 135 Å². The fourth-order valence-corrected chi connectivity index (χ4v) is 6.01. The molecule has 120 valence electrons. The maximum absolute atomic E-state index is 12.9. The van der Waals surface area contributed by atoms with Crippen LogP contribution in [0.5, 0.6) is 0 Å². The third-order valence-electron chi connectivity index (χ3n) is 6.76. The van der Waals surface area contributed by atoms with Gasteiger partial charge in [0.25, 0.3) is 0 Å². The normalized spacial score (nSPS) is 46.2. The van der Waals surface area contributed by atoms with Crippen molar-refractivity contribution in [2.24, 2.45) is 23.7 Å². The third-order valence-corrected chi connectivity index (χ3v) is 6.76. The highest BCUT2D eigenvalue weighted by molar-refractivity contribution is 5.34. The molecular formula is C19H20FNO2. The molecule has 2 N–H and O–H groups in total. The van der Waals surface area contributed by atoms with Crippen LogP contribution < -0.4 is 0 Å². The predicted molar refractivity (Wildman–Crippen MR) is 82.8 cm³/mol. The number of nitrogens with zero attached hydrogens (tertiary/aromatic N) is 1. The van der Waals surface area contributed by atoms with Crippen molar-refractivity contribution in [1.82, 2.24) is 4.90 Å². The Kier molecular flexibility index (Phi) is 2.91. The number of halogens is 1. The highest BCUT2D eigenvalue weighted by Gasteiger charge is 2.69. The number of aliphatic hydroxyl groups excluding tert-OH is 2. The van der Waals surface area contributed by atoms with Crippen molar-refractivity contribution in [2.45, 2.75) is 37.1 Å². The molecule has 8 atom stereocenters. The molecule has 3 nitrogen and oxygen atoms in total. The first-order chi connectivity index (χ1) is 11.1. The second kappa shape index (κ2) is 4.80. The summed E-state index contributed by atoms with van der Waals surface area (Å²) in [6.45, 7) is 0.559. The molecule has 1 aliphatic heterocycles. The van der Waals surface area contributed by atoms with Gasteiger partial charge in [0.2, 0.25) is 0 Å². The molecule has 0 unspecified atom stereocenters. The smallest absolute Gasteiger partial charge is 0.123 e. The van der Waals surface area contributed by atoms with Crippen molar-refractivity contribution >= 4 is 0 Å². The average Bonchev–Trinajstić information content (AvgIpc) is 3.11. The fourth-order valence-electron chi connectivity index (χ4n) is 6.01. The first kappa shape index (κ1) is 14.0. The molecule has 4 aliphatic rings. The van der Waals surface area contributed by atoms with Gasteiger partial charge < -0.3 is 10.2 Å². The van der Waals surface area contributed by atoms with Gasteiger partial charge in [0.1, 0.15) is 5.82 Å². The monoisotopic (exact) mass is 313 g/mol. The van der Waals surface area contributed by atoms with Gasteiger partial charge in [-0.2, -0.15) is 0 Å². The molecule has 1 aromatic rings. The summed E-state index contributed by atoms with van der Waals surface area (Å²) in [6.07, 6.45) is 1.55. The molecule has 0 radical (unpaired) electrons. The summed E-state index contributed by atoms with van der Waals surface area (Å²) in [5, 5.41) is 21.2. The molecular weight excluding hydrogens is 293 g/mol. The number of hydrogen-bond donors (Lipinski definition) is 2. The molecule has 4 heteroatoms. The van der Waals surface area contributed by atoms with E-state index in [-0.39, 0.29) is 30.1 Å². The highest BCUT2D eigenvalue weighted by Crippen LogP contribution is 2.64. The lowest BCUT2D eigenvalue weighted by atomic mass is 9.75. The zero-order valence-electron chi connectivity index (χ0n) is 12.8. The summed E-state index contributed by atoms with van der Waals surface area (Å²) in [5.41, 5.74) is 0.794. The Morgan fingerprint density at radius 1 is 1.04 bits per heavy atom. The number of hydrogen-bond acceptors (Lipinski definition) is 3. The molecule has 4 bridgehead atoms. The molecule has 1 aromatic carbocycles. The standard InChI is InChI=1S/C19H20FNO2/c20-11-5-3-10(4-6-11)2-1-7-21-15-9-12-13-8-14(16(12)19(15)23)17(21)18(13)22/h3-6,12-19,22-23H,7-9H2/t12-,13+,14-,15-,16+,17-,18-,19+/m1/s1. The van der Waals surface area contributed by atoms with E-state index in [1.807, 2.05) is 0 Å². The van der Waals surface area contributed by atoms with Crippen LogP contribution in [0.25, 0.3) is 0 Å². The van der Waals surface area contributed by atoms with E-state index in [1.54, 1.807) is 12.1 Å². The van der Waals surface area contributed by atoms with Gasteiger partial charge in [-0.3, -0.25) is 4.90 Å². The molecule has 1 heterocycles. The number of piperidine rings is 1. The van der Waals surface area contributed by atoms with E-state index in [1.165, 1.54) is 12.1 Å². The van der Waals surface area contributed by atoms with E-state index in [4.69, 9.17) is 0 Å². The third kappa shape index (κ3) is 1.82. The van der Waals surface area contributed by atoms with Gasteiger partial charge in [0.15, 0.2) is 0 Å². The Morgan fingerprint density at radius 3 is 2.61 bits per heavy atom. The van der Waals surface area contributed by atoms with Gasteiger partial charge in [-0.1, -0.05) is 11.8 Å². The molecule has 23 heavy (non-hydrogen) atoms. The highest BCUT2D eigenvalue weighted by atomic mass is 19.1. The molecule has 4 fully saturated rings. The van der Waals surface area contributed by atoms with Gasteiger partial charge in [-0.25, -0.2) is 4.39 Å². The maximum Gasteiger partial charge on any atom is 0.123 e. The minimum Gasteiger partial charge on any atom is -0.391 e. The Balaban J connectivity index is 1.40. The van der Waals surface area contributed by atoms with Crippen molar-refractivity contribution in [3.8, 4) is 11.8 Å². The SMILES string of the molecule is O[C@@H]1[C@H]2C[C@@H]3[C@H]4[C@@H](O)[C@@H](C[C@H]24)N(CC#Cc2ccc(F)cc2)[C@@H]13. The number of aliphatic hydroxyl groups is 2. The van der Waals surface area contributed by atoms with Crippen molar-refractivity contribution in [2.75, 3.05) is 6.54 Å². The average molecular weight is 313 g/mol. The van der Waals surface area contributed by atoms with Crippen LogP contribution in [0, 0.1) is 41.3 Å². The zero-order valence-corrected chi connectivity index (χ0v) is 12.8. The van der Waals surface area contributed by atoms with Crippen molar-refractivity contribution < 1.29 is 14.6 Å². The van der Waals surface area contributed by atoms with E-state index < -0.39 is 0 Å². The van der Waals surface area contributed by atoms with E-state index in [0.29, 0.717) is 30.2 Å². The maximum atomic E-state index is 12.9. The van der Waals surface area contributed by atoms with Crippen molar-refractivity contribution in [3.05, 3.63) is 35.6 Å². The van der Waals surface area contributed by atoms with Crippen molar-refractivity contribution in [3.63, 3.8) is 0 Å². The quantitative estimate of drug-likeness (QED) is 0.767. The Bertz CT molecular complexity index is 694. The van der Waals surface area contributed by atoms with Gasteiger partial charge in [0, 0.05) is 17.6 Å². The molecule has 0 aromatic heterocycles. The van der Waals surface area contributed by atoms with E-state index in [2.05, 4.69) is 16.7 Å². The largest absolute Gasteiger partial charge is 0.391 e. The van der Waals surface area contributed by atoms with Crippen LogP contribution in [0.1, 0.15) is 18.4 Å². The summed E-state index contributed by atoms with van der Waals surface area (Å²) in [5.74, 6) is 7.70. The lowest BCUT2D eigenvalue weighted by molar-refractivity contribution is -0.0932. The predicted octanol–water partition coefficient (Wildman–Crippen LogP) is 1.24. The summed E-state index contributed by atoms with van der Waals surface area (Å²) in [4.78, 5) is 2.25. The topological polar surface area (TPSA) is 43.7 Å². The second-order valence-electron chi connectivity index (χ2n) is 7.56. The lowest BCUT2D eigenvalue weighted by Gasteiger charge is -2.47. The van der Waals surface area contributed by atoms with Gasteiger partial charge in [-0.05, 0) is 60.8 Å². The molecule has 5 rings (SSSR count). The number of rotatable bonds is 1. The van der Waals surface area contributed by atoms with Crippen LogP contribution in [-0.2, 0) is 0 Å². The summed E-state index contributed by atoms with van der Waals surface area (Å²) < 4.78 is 12.9. The molecule has 0 amide bonds. The number of fused-ring (bicyclic) bond motifs is 3. The molecule has 1 saturated heterocycles. The number of likely N-dealkylation sites (tertiary alicyclic amines) is 1. The first-order valence-electron chi connectivity index (χ1n) is 8.51. The molecule has 3 saturated carbocycles. The molecule has 3 aliphatic carbocycles. The van der Waals surface area contributed by atoms with Crippen LogP contribution in [0.4, 0.5) is 4.39 Å². The van der Waals surface area contributed by atoms with Crippen LogP contribution in [-0.4, -0.2) is 45.9 Å². The van der Waals surface area contributed by atoms with E-state index in [9.17, 15) is 14.6 Å². The van der Waals surface area contributed by atoms with Crippen LogP contribution in [0.3, 0.4) is 0 Å². The van der Waals surface area contributed by atoms with Crippen LogP contribution >= 0.6 is 0 Å². The number of benzene rings is 1. The van der Waals surface area contributed by atoms with Crippen LogP contribution in [0.15, 0.2) is 24.3 Å². The zero-order chi connectivity index (χ0) is 15.7. The minimum atomic E-state index is -0.258. The van der Waals surface area contributed by atoms with E-state index in [0.717, 1.165) is 18.4 Å². The van der Waals surface area contributed by atoms with Gasteiger partial charge >= 0.3 is 0 Å². The van der Waals surface area contributed by atoms with E-state index >= 15 is 0 Å². The Hall–Kier alpha value is -1.41. The summed E-state index contributed by atoms with van der Waals surface area (Å²) in [7, 11) is 0.